The van der Waals surface area contributed by atoms with Crippen LogP contribution in [0.25, 0.3) is 0 Å². The van der Waals surface area contributed by atoms with Gasteiger partial charge in [-0.1, -0.05) is 93.2 Å². The first-order valence-corrected chi connectivity index (χ1v) is 13.2. The van der Waals surface area contributed by atoms with Crippen molar-refractivity contribution in [2.24, 2.45) is 11.8 Å². The SMILES string of the molecule is O=C(CN1C(=O)[C@@H]2[C@@H](C1=O)C1(Br)c3ccccc3C2(Br)c2ccccc21)N1CCCCCC1. The van der Waals surface area contributed by atoms with Gasteiger partial charge in [-0.3, -0.25) is 19.3 Å². The molecule has 5 nitrogen and oxygen atoms in total. The minimum Gasteiger partial charge on any atom is -0.341 e. The van der Waals surface area contributed by atoms with Crippen LogP contribution in [0, 0.1) is 11.8 Å². The topological polar surface area (TPSA) is 57.7 Å². The van der Waals surface area contributed by atoms with Gasteiger partial charge in [-0.2, -0.15) is 0 Å². The number of likely N-dealkylation sites (tertiary alicyclic amines) is 2. The quantitative estimate of drug-likeness (QED) is 0.399. The smallest absolute Gasteiger partial charge is 0.242 e. The molecule has 2 saturated heterocycles. The van der Waals surface area contributed by atoms with E-state index in [1.54, 1.807) is 0 Å². The molecule has 170 valence electrons. The highest BCUT2D eigenvalue weighted by molar-refractivity contribution is 9.10. The number of imide groups is 1. The Morgan fingerprint density at radius 3 is 1.55 bits per heavy atom. The predicted octanol–water partition coefficient (Wildman–Crippen LogP) is 4.29. The number of carbonyl (C=O) groups is 3. The van der Waals surface area contributed by atoms with Gasteiger partial charge in [0.15, 0.2) is 0 Å². The Hall–Kier alpha value is -1.99. The lowest BCUT2D eigenvalue weighted by atomic mass is 9.54. The highest BCUT2D eigenvalue weighted by atomic mass is 79.9. The number of halogens is 2. The maximum absolute atomic E-state index is 13.9. The fraction of sp³-hybridized carbons (Fsp3) is 0.423. The van der Waals surface area contributed by atoms with E-state index in [9.17, 15) is 14.4 Å². The van der Waals surface area contributed by atoms with E-state index in [1.165, 1.54) is 4.90 Å². The number of hydrogen-bond acceptors (Lipinski definition) is 3. The van der Waals surface area contributed by atoms with Crippen LogP contribution in [0.5, 0.6) is 0 Å². The van der Waals surface area contributed by atoms with Crippen molar-refractivity contribution in [1.29, 1.82) is 0 Å². The third kappa shape index (κ3) is 2.72. The van der Waals surface area contributed by atoms with Gasteiger partial charge in [-0.05, 0) is 35.1 Å². The number of alkyl halides is 2. The maximum atomic E-state index is 13.9. The van der Waals surface area contributed by atoms with E-state index in [4.69, 9.17) is 0 Å². The van der Waals surface area contributed by atoms with Crippen LogP contribution in [-0.2, 0) is 23.0 Å². The summed E-state index contributed by atoms with van der Waals surface area (Å²) >= 11 is 7.99. The summed E-state index contributed by atoms with van der Waals surface area (Å²) < 4.78 is -1.62. The third-order valence-electron chi connectivity index (χ3n) is 7.93. The van der Waals surface area contributed by atoms with E-state index in [2.05, 4.69) is 31.9 Å². The van der Waals surface area contributed by atoms with Gasteiger partial charge in [-0.25, -0.2) is 0 Å². The molecule has 0 aromatic heterocycles. The predicted molar refractivity (Wildman–Crippen MR) is 131 cm³/mol. The van der Waals surface area contributed by atoms with Crippen LogP contribution in [0.1, 0.15) is 47.9 Å². The average molecular weight is 572 g/mol. The Bertz CT molecular complexity index is 1070. The molecule has 0 spiro atoms. The summed E-state index contributed by atoms with van der Waals surface area (Å²) in [4.78, 5) is 43.9. The maximum Gasteiger partial charge on any atom is 0.242 e. The fourth-order valence-electron chi connectivity index (χ4n) is 6.44. The highest BCUT2D eigenvalue weighted by Crippen LogP contribution is 2.70. The van der Waals surface area contributed by atoms with Crippen LogP contribution in [0.3, 0.4) is 0 Å². The van der Waals surface area contributed by atoms with E-state index >= 15 is 0 Å². The number of benzene rings is 2. The Kier molecular flexibility index (Phi) is 4.90. The number of amides is 3. The van der Waals surface area contributed by atoms with Crippen LogP contribution in [0.2, 0.25) is 0 Å². The summed E-state index contributed by atoms with van der Waals surface area (Å²) in [5, 5.41) is 0. The first-order chi connectivity index (χ1) is 15.9. The second-order valence-electron chi connectivity index (χ2n) is 9.53. The molecule has 2 aromatic carbocycles. The zero-order valence-electron chi connectivity index (χ0n) is 18.1. The van der Waals surface area contributed by atoms with E-state index in [0.717, 1.165) is 47.9 Å². The molecule has 7 heteroatoms. The van der Waals surface area contributed by atoms with Crippen LogP contribution < -0.4 is 0 Å². The summed E-state index contributed by atoms with van der Waals surface area (Å²) in [6.45, 7) is 1.22. The van der Waals surface area contributed by atoms with Crippen molar-refractivity contribution < 1.29 is 14.4 Å². The van der Waals surface area contributed by atoms with E-state index < -0.39 is 20.5 Å². The van der Waals surface area contributed by atoms with Crippen LogP contribution in [0.15, 0.2) is 48.5 Å². The molecule has 0 radical (unpaired) electrons. The summed E-state index contributed by atoms with van der Waals surface area (Å²) in [5.41, 5.74) is 4.01. The van der Waals surface area contributed by atoms with Crippen LogP contribution in [0.4, 0.5) is 0 Å². The minimum atomic E-state index is -0.812. The molecule has 0 unspecified atom stereocenters. The van der Waals surface area contributed by atoms with Gasteiger partial charge >= 0.3 is 0 Å². The standard InChI is InChI=1S/C26H24Br2N2O3/c27-25-16-9-3-4-10-17(16)26(28,19-12-6-5-11-18(19)25)22-21(25)23(32)30(24(22)33)15-20(31)29-13-7-1-2-8-14-29/h3-6,9-12,21-22H,1-2,7-8,13-15H2/t21-,22-,25?,26?/m0/s1. The molecule has 7 rings (SSSR count). The lowest BCUT2D eigenvalue weighted by Gasteiger charge is -2.55. The highest BCUT2D eigenvalue weighted by Gasteiger charge is 2.72. The average Bonchev–Trinajstić information content (AvgIpc) is 3.01. The minimum absolute atomic E-state index is 0.133. The van der Waals surface area contributed by atoms with E-state index in [-0.39, 0.29) is 24.3 Å². The van der Waals surface area contributed by atoms with Crippen molar-refractivity contribution in [2.45, 2.75) is 34.3 Å². The van der Waals surface area contributed by atoms with Crippen molar-refractivity contribution in [3.05, 3.63) is 70.8 Å². The molecule has 2 heterocycles. The molecule has 2 bridgehead atoms. The van der Waals surface area contributed by atoms with Crippen LogP contribution >= 0.6 is 31.9 Å². The number of rotatable bonds is 2. The van der Waals surface area contributed by atoms with Gasteiger partial charge in [0.2, 0.25) is 17.7 Å². The molecule has 2 atom stereocenters. The molecule has 2 aliphatic heterocycles. The summed E-state index contributed by atoms with van der Waals surface area (Å²) in [6, 6.07) is 16.0. The first-order valence-electron chi connectivity index (χ1n) is 11.6. The van der Waals surface area contributed by atoms with Gasteiger partial charge in [0.05, 0.1) is 20.5 Å². The first kappa shape index (κ1) is 21.5. The monoisotopic (exact) mass is 570 g/mol. The number of carbonyl (C=O) groups excluding carboxylic acids is 3. The molecule has 33 heavy (non-hydrogen) atoms. The summed E-state index contributed by atoms with van der Waals surface area (Å²) in [5.74, 6) is -1.90. The Morgan fingerprint density at radius 2 is 1.15 bits per heavy atom. The van der Waals surface area contributed by atoms with Gasteiger partial charge in [0.1, 0.15) is 6.54 Å². The van der Waals surface area contributed by atoms with E-state index in [1.807, 2.05) is 53.4 Å². The number of nitrogens with zero attached hydrogens (tertiary/aromatic N) is 2. The molecule has 0 saturated carbocycles. The van der Waals surface area contributed by atoms with Crippen molar-refractivity contribution in [3.63, 3.8) is 0 Å². The van der Waals surface area contributed by atoms with Gasteiger partial charge in [-0.15, -0.1) is 0 Å². The fourth-order valence-corrected chi connectivity index (χ4v) is 8.74. The van der Waals surface area contributed by atoms with Gasteiger partial charge in [0, 0.05) is 13.1 Å². The molecule has 3 aliphatic carbocycles. The normalized spacial score (nSPS) is 32.3. The molecule has 2 aromatic rings. The van der Waals surface area contributed by atoms with E-state index in [0.29, 0.717) is 13.1 Å². The molecule has 2 fully saturated rings. The van der Waals surface area contributed by atoms with Gasteiger partial charge < -0.3 is 4.90 Å². The summed E-state index contributed by atoms with van der Waals surface area (Å²) in [6.07, 6.45) is 4.17. The Labute approximate surface area is 209 Å². The lowest BCUT2D eigenvalue weighted by molar-refractivity contribution is -0.146. The second kappa shape index (κ2) is 7.51. The largest absolute Gasteiger partial charge is 0.341 e. The van der Waals surface area contributed by atoms with Gasteiger partial charge in [0.25, 0.3) is 0 Å². The zero-order chi connectivity index (χ0) is 23.0. The molecule has 0 N–H and O–H groups in total. The van der Waals surface area contributed by atoms with Crippen molar-refractivity contribution in [3.8, 4) is 0 Å². The Morgan fingerprint density at radius 1 is 0.758 bits per heavy atom. The number of hydrogen-bond donors (Lipinski definition) is 0. The van der Waals surface area contributed by atoms with Crippen molar-refractivity contribution in [1.82, 2.24) is 9.80 Å². The summed E-state index contributed by atoms with van der Waals surface area (Å²) in [7, 11) is 0. The second-order valence-corrected chi connectivity index (χ2v) is 12.0. The lowest BCUT2D eigenvalue weighted by Crippen LogP contribution is -2.56. The molecule has 5 aliphatic rings. The molecule has 3 amide bonds. The van der Waals surface area contributed by atoms with Crippen molar-refractivity contribution in [2.75, 3.05) is 19.6 Å². The molecular weight excluding hydrogens is 548 g/mol. The Balaban J connectivity index is 1.45. The zero-order valence-corrected chi connectivity index (χ0v) is 21.3. The van der Waals surface area contributed by atoms with Crippen LogP contribution in [-0.4, -0.2) is 47.2 Å². The van der Waals surface area contributed by atoms with Crippen molar-refractivity contribution >= 4 is 49.6 Å². The molecular formula is C26H24Br2N2O3. The third-order valence-corrected chi connectivity index (χ3v) is 10.6.